The summed E-state index contributed by atoms with van der Waals surface area (Å²) in [5.74, 6) is 1.71. The first-order valence-corrected chi connectivity index (χ1v) is 8.58. The van der Waals surface area contributed by atoms with Gasteiger partial charge in [0.25, 0.3) is 0 Å². The lowest BCUT2D eigenvalue weighted by atomic mass is 9.85. The second-order valence-corrected chi connectivity index (χ2v) is 7.71. The van der Waals surface area contributed by atoms with Crippen LogP contribution in [0.3, 0.4) is 0 Å². The number of hydrogen-bond acceptors (Lipinski definition) is 3. The molecule has 0 amide bonds. The van der Waals surface area contributed by atoms with Gasteiger partial charge in [-0.15, -0.1) is 0 Å². The number of aliphatic hydroxyl groups is 1. The number of likely N-dealkylation sites (tertiary alicyclic amines) is 2. The standard InChI is InChI=1S/C17H34N2O/c1-14(2)16-5-9-18(10-6-16)13-17(20)7-11-19(12-8-17)15(3)4/h14-16,20H,5-13H2,1-4H3. The first kappa shape index (κ1) is 16.3. The molecule has 0 atom stereocenters. The molecule has 0 unspecified atom stereocenters. The topological polar surface area (TPSA) is 26.7 Å². The van der Waals surface area contributed by atoms with Crippen molar-refractivity contribution in [2.75, 3.05) is 32.7 Å². The lowest BCUT2D eigenvalue weighted by molar-refractivity contribution is -0.0558. The third-order valence-electron chi connectivity index (χ3n) is 5.55. The van der Waals surface area contributed by atoms with Gasteiger partial charge in [0.2, 0.25) is 0 Å². The summed E-state index contributed by atoms with van der Waals surface area (Å²) in [6.45, 7) is 14.5. The van der Waals surface area contributed by atoms with Crippen molar-refractivity contribution < 1.29 is 5.11 Å². The molecule has 0 radical (unpaired) electrons. The van der Waals surface area contributed by atoms with Crippen molar-refractivity contribution in [1.82, 2.24) is 9.80 Å². The zero-order chi connectivity index (χ0) is 14.8. The van der Waals surface area contributed by atoms with Crippen molar-refractivity contribution in [2.24, 2.45) is 11.8 Å². The molecule has 2 aliphatic heterocycles. The molecule has 2 rings (SSSR count). The molecule has 0 aromatic rings. The summed E-state index contributed by atoms with van der Waals surface area (Å²) in [4.78, 5) is 4.99. The largest absolute Gasteiger partial charge is 0.388 e. The molecular formula is C17H34N2O. The van der Waals surface area contributed by atoms with E-state index in [1.165, 1.54) is 25.9 Å². The highest BCUT2D eigenvalue weighted by molar-refractivity contribution is 4.90. The number of β-amino-alcohol motifs (C(OH)–C–C–N with tert-alkyl or cyclic N) is 1. The first-order chi connectivity index (χ1) is 9.39. The Bertz CT molecular complexity index is 287. The van der Waals surface area contributed by atoms with Crippen LogP contribution in [0.15, 0.2) is 0 Å². The van der Waals surface area contributed by atoms with Gasteiger partial charge in [-0.25, -0.2) is 0 Å². The van der Waals surface area contributed by atoms with Crippen molar-refractivity contribution in [3.63, 3.8) is 0 Å². The highest BCUT2D eigenvalue weighted by Gasteiger charge is 2.35. The minimum atomic E-state index is -0.434. The van der Waals surface area contributed by atoms with E-state index in [0.29, 0.717) is 6.04 Å². The van der Waals surface area contributed by atoms with Gasteiger partial charge in [0, 0.05) is 25.7 Å². The lowest BCUT2D eigenvalue weighted by Crippen LogP contribution is -2.53. The summed E-state index contributed by atoms with van der Waals surface area (Å²) in [5.41, 5.74) is -0.434. The highest BCUT2D eigenvalue weighted by Crippen LogP contribution is 2.28. The van der Waals surface area contributed by atoms with Crippen LogP contribution in [0.5, 0.6) is 0 Å². The SMILES string of the molecule is CC(C)C1CCN(CC2(O)CCN(C(C)C)CC2)CC1. The van der Waals surface area contributed by atoms with E-state index in [-0.39, 0.29) is 0 Å². The number of hydrogen-bond donors (Lipinski definition) is 1. The summed E-state index contributed by atoms with van der Waals surface area (Å²) in [6, 6.07) is 0.612. The van der Waals surface area contributed by atoms with Gasteiger partial charge in [0.1, 0.15) is 0 Å². The van der Waals surface area contributed by atoms with Crippen LogP contribution in [0.25, 0.3) is 0 Å². The van der Waals surface area contributed by atoms with Crippen molar-refractivity contribution in [3.8, 4) is 0 Å². The van der Waals surface area contributed by atoms with Crippen molar-refractivity contribution >= 4 is 0 Å². The van der Waals surface area contributed by atoms with Gasteiger partial charge < -0.3 is 14.9 Å². The molecule has 118 valence electrons. The Kier molecular flexibility index (Phi) is 5.49. The Morgan fingerprint density at radius 1 is 1.00 bits per heavy atom. The number of nitrogens with zero attached hydrogens (tertiary/aromatic N) is 2. The first-order valence-electron chi connectivity index (χ1n) is 8.58. The van der Waals surface area contributed by atoms with Gasteiger partial charge in [-0.1, -0.05) is 13.8 Å². The molecule has 2 saturated heterocycles. The molecule has 0 saturated carbocycles. The van der Waals surface area contributed by atoms with Gasteiger partial charge in [-0.2, -0.15) is 0 Å². The van der Waals surface area contributed by atoms with E-state index >= 15 is 0 Å². The third kappa shape index (κ3) is 4.19. The van der Waals surface area contributed by atoms with Crippen LogP contribution in [0, 0.1) is 11.8 Å². The van der Waals surface area contributed by atoms with E-state index in [4.69, 9.17) is 0 Å². The zero-order valence-corrected chi connectivity index (χ0v) is 13.9. The monoisotopic (exact) mass is 282 g/mol. The Balaban J connectivity index is 1.77. The molecule has 3 nitrogen and oxygen atoms in total. The van der Waals surface area contributed by atoms with Gasteiger partial charge in [-0.3, -0.25) is 0 Å². The van der Waals surface area contributed by atoms with E-state index in [1.54, 1.807) is 0 Å². The molecule has 0 aromatic heterocycles. The molecule has 0 bridgehead atoms. The Hall–Kier alpha value is -0.120. The summed E-state index contributed by atoms with van der Waals surface area (Å²) in [6.07, 6.45) is 4.50. The smallest absolute Gasteiger partial charge is 0.0798 e. The molecular weight excluding hydrogens is 248 g/mol. The average molecular weight is 282 g/mol. The van der Waals surface area contributed by atoms with Crippen LogP contribution >= 0.6 is 0 Å². The molecule has 0 spiro atoms. The Labute approximate surface area is 125 Å². The lowest BCUT2D eigenvalue weighted by Gasteiger charge is -2.44. The quantitative estimate of drug-likeness (QED) is 0.858. The Morgan fingerprint density at radius 3 is 2.00 bits per heavy atom. The second kappa shape index (κ2) is 6.76. The second-order valence-electron chi connectivity index (χ2n) is 7.71. The van der Waals surface area contributed by atoms with Gasteiger partial charge in [0.05, 0.1) is 5.60 Å². The van der Waals surface area contributed by atoms with Crippen LogP contribution in [-0.2, 0) is 0 Å². The maximum absolute atomic E-state index is 10.8. The molecule has 1 N–H and O–H groups in total. The van der Waals surface area contributed by atoms with Crippen LogP contribution in [0.2, 0.25) is 0 Å². The van der Waals surface area contributed by atoms with Gasteiger partial charge in [-0.05, 0) is 64.5 Å². The highest BCUT2D eigenvalue weighted by atomic mass is 16.3. The fourth-order valence-corrected chi connectivity index (χ4v) is 3.81. The fraction of sp³-hybridized carbons (Fsp3) is 1.00. The molecule has 3 heteroatoms. The van der Waals surface area contributed by atoms with Crippen LogP contribution in [-0.4, -0.2) is 59.3 Å². The fourth-order valence-electron chi connectivity index (χ4n) is 3.81. The average Bonchev–Trinajstić information content (AvgIpc) is 2.39. The minimum Gasteiger partial charge on any atom is -0.388 e. The van der Waals surface area contributed by atoms with E-state index in [1.807, 2.05) is 0 Å². The van der Waals surface area contributed by atoms with E-state index in [0.717, 1.165) is 44.3 Å². The van der Waals surface area contributed by atoms with Crippen molar-refractivity contribution in [3.05, 3.63) is 0 Å². The maximum Gasteiger partial charge on any atom is 0.0798 e. The zero-order valence-electron chi connectivity index (χ0n) is 13.9. The molecule has 2 aliphatic rings. The summed E-state index contributed by atoms with van der Waals surface area (Å²) in [5, 5.41) is 10.8. The van der Waals surface area contributed by atoms with Crippen molar-refractivity contribution in [1.29, 1.82) is 0 Å². The van der Waals surface area contributed by atoms with Gasteiger partial charge >= 0.3 is 0 Å². The third-order valence-corrected chi connectivity index (χ3v) is 5.55. The normalized spacial score (nSPS) is 26.6. The molecule has 20 heavy (non-hydrogen) atoms. The van der Waals surface area contributed by atoms with Crippen LogP contribution in [0.1, 0.15) is 53.4 Å². The predicted octanol–water partition coefficient (Wildman–Crippen LogP) is 2.59. The van der Waals surface area contributed by atoms with Crippen LogP contribution in [0.4, 0.5) is 0 Å². The number of piperidine rings is 2. The van der Waals surface area contributed by atoms with E-state index in [9.17, 15) is 5.11 Å². The summed E-state index contributed by atoms with van der Waals surface area (Å²) >= 11 is 0. The van der Waals surface area contributed by atoms with Crippen molar-refractivity contribution in [2.45, 2.75) is 65.0 Å². The van der Waals surface area contributed by atoms with Crippen LogP contribution < -0.4 is 0 Å². The van der Waals surface area contributed by atoms with Gasteiger partial charge in [0.15, 0.2) is 0 Å². The predicted molar refractivity (Wildman–Crippen MR) is 84.9 cm³/mol. The maximum atomic E-state index is 10.8. The summed E-state index contributed by atoms with van der Waals surface area (Å²) in [7, 11) is 0. The molecule has 2 fully saturated rings. The van der Waals surface area contributed by atoms with E-state index < -0.39 is 5.60 Å². The van der Waals surface area contributed by atoms with E-state index in [2.05, 4.69) is 37.5 Å². The molecule has 0 aromatic carbocycles. The molecule has 0 aliphatic carbocycles. The summed E-state index contributed by atoms with van der Waals surface area (Å²) < 4.78 is 0. The number of rotatable bonds is 4. The minimum absolute atomic E-state index is 0.434. The molecule has 2 heterocycles. The Morgan fingerprint density at radius 2 is 1.55 bits per heavy atom.